The van der Waals surface area contributed by atoms with Crippen molar-refractivity contribution in [2.24, 2.45) is 0 Å². The summed E-state index contributed by atoms with van der Waals surface area (Å²) in [6.07, 6.45) is 1.40. The highest BCUT2D eigenvalue weighted by atomic mass is 19.2. The minimum Gasteiger partial charge on any atom is -0.464 e. The molecule has 0 atom stereocenters. The fourth-order valence-electron chi connectivity index (χ4n) is 1.30. The lowest BCUT2D eigenvalue weighted by Gasteiger charge is -2.01. The van der Waals surface area contributed by atoms with Gasteiger partial charge in [0.15, 0.2) is 11.6 Å². The molecule has 0 saturated heterocycles. The van der Waals surface area contributed by atoms with E-state index in [9.17, 15) is 8.78 Å². The molecule has 74 valence electrons. The molecular weight excluding hydrogens is 200 g/mol. The van der Waals surface area contributed by atoms with Crippen molar-refractivity contribution in [3.8, 4) is 17.4 Å². The smallest absolute Gasteiger partial charge is 0.177 e. The molecule has 1 aromatic carbocycles. The molecule has 0 aliphatic heterocycles. The number of rotatable bonds is 1. The van der Waals surface area contributed by atoms with Gasteiger partial charge in [0.2, 0.25) is 0 Å². The summed E-state index contributed by atoms with van der Waals surface area (Å²) in [6, 6.07) is 7.09. The van der Waals surface area contributed by atoms with Gasteiger partial charge in [-0.3, -0.25) is 0 Å². The van der Waals surface area contributed by atoms with E-state index in [-0.39, 0.29) is 11.1 Å². The Balaban J connectivity index is 2.69. The molecule has 0 spiro atoms. The quantitative estimate of drug-likeness (QED) is 0.717. The third-order valence-electron chi connectivity index (χ3n) is 1.99. The second-order valence-corrected chi connectivity index (χ2v) is 2.87. The third kappa shape index (κ3) is 1.48. The lowest BCUT2D eigenvalue weighted by Crippen LogP contribution is -1.92. The van der Waals surface area contributed by atoms with Gasteiger partial charge in [-0.2, -0.15) is 5.26 Å². The summed E-state index contributed by atoms with van der Waals surface area (Å²) in [5.41, 5.74) is -0.0913. The van der Waals surface area contributed by atoms with Crippen molar-refractivity contribution in [2.75, 3.05) is 0 Å². The van der Waals surface area contributed by atoms with Gasteiger partial charge in [0.05, 0.1) is 6.26 Å². The average molecular weight is 205 g/mol. The van der Waals surface area contributed by atoms with E-state index < -0.39 is 11.6 Å². The second-order valence-electron chi connectivity index (χ2n) is 2.87. The van der Waals surface area contributed by atoms with Crippen molar-refractivity contribution in [1.82, 2.24) is 0 Å². The van der Waals surface area contributed by atoms with Crippen molar-refractivity contribution in [3.63, 3.8) is 0 Å². The minimum atomic E-state index is -1.15. The molecule has 2 rings (SSSR count). The molecule has 15 heavy (non-hydrogen) atoms. The zero-order chi connectivity index (χ0) is 10.8. The molecule has 2 nitrogen and oxygen atoms in total. The monoisotopic (exact) mass is 205 g/mol. The Labute approximate surface area is 84.4 Å². The first kappa shape index (κ1) is 9.41. The zero-order valence-corrected chi connectivity index (χ0v) is 7.50. The summed E-state index contributed by atoms with van der Waals surface area (Å²) in [7, 11) is 0. The van der Waals surface area contributed by atoms with Crippen LogP contribution in [0.5, 0.6) is 0 Å². The van der Waals surface area contributed by atoms with Crippen molar-refractivity contribution in [2.45, 2.75) is 0 Å². The predicted octanol–water partition coefficient (Wildman–Crippen LogP) is 3.10. The molecule has 0 fully saturated rings. The van der Waals surface area contributed by atoms with Crippen molar-refractivity contribution in [1.29, 1.82) is 5.26 Å². The van der Waals surface area contributed by atoms with Crippen molar-refractivity contribution < 1.29 is 13.2 Å². The summed E-state index contributed by atoms with van der Waals surface area (Å²) in [6.45, 7) is 0. The Morgan fingerprint density at radius 2 is 2.00 bits per heavy atom. The van der Waals surface area contributed by atoms with Crippen LogP contribution >= 0.6 is 0 Å². The highest BCUT2D eigenvalue weighted by Gasteiger charge is 2.15. The first-order valence-corrected chi connectivity index (χ1v) is 4.16. The number of halogens is 2. The van der Waals surface area contributed by atoms with E-state index in [0.29, 0.717) is 5.76 Å². The Bertz CT molecular complexity index is 526. The average Bonchev–Trinajstić information content (AvgIpc) is 2.75. The van der Waals surface area contributed by atoms with Crippen LogP contribution < -0.4 is 0 Å². The van der Waals surface area contributed by atoms with E-state index in [1.54, 1.807) is 18.2 Å². The fraction of sp³-hybridized carbons (Fsp3) is 0. The molecule has 0 bridgehead atoms. The van der Waals surface area contributed by atoms with Gasteiger partial charge in [0.1, 0.15) is 17.4 Å². The molecule has 4 heteroatoms. The number of benzene rings is 1. The molecule has 0 amide bonds. The van der Waals surface area contributed by atoms with Gasteiger partial charge in [-0.05, 0) is 24.3 Å². The van der Waals surface area contributed by atoms with E-state index >= 15 is 0 Å². The summed E-state index contributed by atoms with van der Waals surface area (Å²) < 4.78 is 31.1. The molecule has 1 aromatic heterocycles. The number of hydrogen-bond acceptors (Lipinski definition) is 2. The van der Waals surface area contributed by atoms with Gasteiger partial charge in [-0.15, -0.1) is 0 Å². The van der Waals surface area contributed by atoms with Gasteiger partial charge in [-0.25, -0.2) is 8.78 Å². The van der Waals surface area contributed by atoms with Crippen molar-refractivity contribution >= 4 is 0 Å². The Morgan fingerprint density at radius 1 is 1.20 bits per heavy atom. The molecule has 0 N–H and O–H groups in total. The number of furan rings is 1. The zero-order valence-electron chi connectivity index (χ0n) is 7.50. The van der Waals surface area contributed by atoms with Gasteiger partial charge in [-0.1, -0.05) is 0 Å². The van der Waals surface area contributed by atoms with E-state index in [1.807, 2.05) is 0 Å². The van der Waals surface area contributed by atoms with Crippen LogP contribution in [0.2, 0.25) is 0 Å². The van der Waals surface area contributed by atoms with Crippen LogP contribution in [0.4, 0.5) is 8.78 Å². The third-order valence-corrected chi connectivity index (χ3v) is 1.99. The van der Waals surface area contributed by atoms with Gasteiger partial charge >= 0.3 is 0 Å². The maximum absolute atomic E-state index is 13.2. The highest BCUT2D eigenvalue weighted by Crippen LogP contribution is 2.26. The van der Waals surface area contributed by atoms with Gasteiger partial charge < -0.3 is 4.42 Å². The van der Waals surface area contributed by atoms with E-state index in [1.165, 1.54) is 12.3 Å². The highest BCUT2D eigenvalue weighted by molar-refractivity contribution is 5.66. The van der Waals surface area contributed by atoms with E-state index in [2.05, 4.69) is 0 Å². The number of nitriles is 1. The summed E-state index contributed by atoms with van der Waals surface area (Å²) in [5, 5.41) is 8.72. The van der Waals surface area contributed by atoms with Crippen LogP contribution in [0.3, 0.4) is 0 Å². The second kappa shape index (κ2) is 3.54. The van der Waals surface area contributed by atoms with E-state index in [0.717, 1.165) is 6.07 Å². The normalized spacial score (nSPS) is 9.93. The van der Waals surface area contributed by atoms with Crippen LogP contribution in [-0.2, 0) is 0 Å². The SMILES string of the molecule is N#Cc1c(-c2ccco2)ccc(F)c1F. The fourth-order valence-corrected chi connectivity index (χ4v) is 1.30. The first-order chi connectivity index (χ1) is 7.24. The minimum absolute atomic E-state index is 0.251. The Kier molecular flexibility index (Phi) is 2.22. The lowest BCUT2D eigenvalue weighted by molar-refractivity contribution is 0.505. The number of hydrogen-bond donors (Lipinski definition) is 0. The van der Waals surface area contributed by atoms with Crippen LogP contribution in [0.25, 0.3) is 11.3 Å². The molecule has 0 aliphatic carbocycles. The predicted molar refractivity (Wildman–Crippen MR) is 48.8 cm³/mol. The Hall–Kier alpha value is -2.15. The molecule has 0 unspecified atom stereocenters. The summed E-state index contributed by atoms with van der Waals surface area (Å²) in [4.78, 5) is 0. The topological polar surface area (TPSA) is 36.9 Å². The molecule has 2 aromatic rings. The van der Waals surface area contributed by atoms with Gasteiger partial charge in [0.25, 0.3) is 0 Å². The molecule has 1 heterocycles. The Morgan fingerprint density at radius 3 is 2.60 bits per heavy atom. The molecule has 0 radical (unpaired) electrons. The molecule has 0 aliphatic rings. The summed E-state index contributed by atoms with van der Waals surface area (Å²) >= 11 is 0. The molecule has 0 saturated carbocycles. The first-order valence-electron chi connectivity index (χ1n) is 4.16. The largest absolute Gasteiger partial charge is 0.464 e. The molecular formula is C11H5F2NO. The van der Waals surface area contributed by atoms with Crippen LogP contribution in [0, 0.1) is 23.0 Å². The van der Waals surface area contributed by atoms with Crippen LogP contribution in [0.1, 0.15) is 5.56 Å². The standard InChI is InChI=1S/C11H5F2NO/c12-9-4-3-7(8(6-14)11(9)13)10-2-1-5-15-10/h1-5H. The maximum Gasteiger partial charge on any atom is 0.177 e. The van der Waals surface area contributed by atoms with E-state index in [4.69, 9.17) is 9.68 Å². The lowest BCUT2D eigenvalue weighted by atomic mass is 10.1. The summed E-state index contributed by atoms with van der Waals surface area (Å²) in [5.74, 6) is -1.85. The maximum atomic E-state index is 13.2. The van der Waals surface area contributed by atoms with Crippen LogP contribution in [0.15, 0.2) is 34.9 Å². The van der Waals surface area contributed by atoms with Crippen molar-refractivity contribution in [3.05, 3.63) is 47.7 Å². The number of nitrogens with zero attached hydrogens (tertiary/aromatic N) is 1. The van der Waals surface area contributed by atoms with Crippen LogP contribution in [-0.4, -0.2) is 0 Å². The van der Waals surface area contributed by atoms with Gasteiger partial charge in [0, 0.05) is 5.56 Å².